The fourth-order valence-electron chi connectivity index (χ4n) is 2.82. The largest absolute Gasteiger partial charge is 0.464 e. The van der Waals surface area contributed by atoms with E-state index in [1.54, 1.807) is 6.07 Å². The van der Waals surface area contributed by atoms with Gasteiger partial charge >= 0.3 is 6.09 Å². The molecule has 0 aliphatic rings. The average molecular weight is 403 g/mol. The van der Waals surface area contributed by atoms with E-state index >= 15 is 0 Å². The van der Waals surface area contributed by atoms with Gasteiger partial charge in [-0.05, 0) is 24.4 Å². The van der Waals surface area contributed by atoms with Crippen LogP contribution in [-0.4, -0.2) is 35.7 Å². The number of rotatable bonds is 3. The quantitative estimate of drug-likeness (QED) is 0.489. The van der Waals surface area contributed by atoms with Gasteiger partial charge in [0.05, 0.1) is 16.8 Å². The van der Waals surface area contributed by atoms with Gasteiger partial charge in [0, 0.05) is 5.39 Å². The van der Waals surface area contributed by atoms with Crippen LogP contribution >= 0.6 is 23.2 Å². The van der Waals surface area contributed by atoms with Crippen LogP contribution in [-0.2, 0) is 0 Å². The Balaban J connectivity index is 1.73. The molecule has 0 saturated carbocycles. The number of pyridine rings is 1. The minimum Gasteiger partial charge on any atom is -0.464 e. The van der Waals surface area contributed by atoms with Gasteiger partial charge in [-0.2, -0.15) is 0 Å². The van der Waals surface area contributed by atoms with Gasteiger partial charge in [0.1, 0.15) is 17.8 Å². The van der Waals surface area contributed by atoms with Gasteiger partial charge in [-0.15, -0.1) is 0 Å². The molecule has 0 bridgehead atoms. The monoisotopic (exact) mass is 402 g/mol. The molecule has 0 aliphatic carbocycles. The Morgan fingerprint density at radius 2 is 2.07 bits per heavy atom. The van der Waals surface area contributed by atoms with Gasteiger partial charge in [-0.1, -0.05) is 35.3 Å². The molecule has 4 rings (SSSR count). The second-order valence-electron chi connectivity index (χ2n) is 5.83. The van der Waals surface area contributed by atoms with Crippen molar-refractivity contribution >= 4 is 57.0 Å². The summed E-state index contributed by atoms with van der Waals surface area (Å²) in [5.41, 5.74) is 1.23. The van der Waals surface area contributed by atoms with E-state index in [0.29, 0.717) is 32.6 Å². The van der Waals surface area contributed by atoms with E-state index in [0.717, 1.165) is 9.95 Å². The lowest BCUT2D eigenvalue weighted by Crippen LogP contribution is -2.11. The van der Waals surface area contributed by atoms with E-state index in [9.17, 15) is 9.90 Å². The van der Waals surface area contributed by atoms with E-state index in [2.05, 4.69) is 25.3 Å². The molecule has 3 aromatic heterocycles. The molecule has 0 amide bonds. The van der Waals surface area contributed by atoms with Crippen molar-refractivity contribution in [3.05, 3.63) is 52.8 Å². The highest BCUT2D eigenvalue weighted by molar-refractivity contribution is 6.41. The van der Waals surface area contributed by atoms with Crippen LogP contribution in [0.25, 0.3) is 21.9 Å². The number of hydrogen-bond acceptors (Lipinski definition) is 6. The number of halogens is 2. The molecule has 27 heavy (non-hydrogen) atoms. The maximum Gasteiger partial charge on any atom is 0.418 e. The van der Waals surface area contributed by atoms with Crippen molar-refractivity contribution in [1.82, 2.24) is 24.5 Å². The third-order valence-electron chi connectivity index (χ3n) is 4.12. The molecule has 136 valence electrons. The topological polar surface area (TPSA) is 106 Å². The lowest BCUT2D eigenvalue weighted by molar-refractivity contribution is 0.197. The zero-order valence-corrected chi connectivity index (χ0v) is 15.4. The summed E-state index contributed by atoms with van der Waals surface area (Å²) in [6.45, 7) is 1.89. The van der Waals surface area contributed by atoms with Gasteiger partial charge in [-0.3, -0.25) is 0 Å². The van der Waals surface area contributed by atoms with Crippen LogP contribution in [0.2, 0.25) is 10.2 Å². The SMILES string of the molecule is CC(Nc1ncnc2c1ncn2C(=O)O)c1cc2cccc(Cl)c2c(Cl)n1. The zero-order chi connectivity index (χ0) is 19.1. The Morgan fingerprint density at radius 1 is 1.26 bits per heavy atom. The van der Waals surface area contributed by atoms with Crippen molar-refractivity contribution in [3.8, 4) is 0 Å². The fraction of sp³-hybridized carbons (Fsp3) is 0.118. The summed E-state index contributed by atoms with van der Waals surface area (Å²) in [5, 5.41) is 14.8. The second-order valence-corrected chi connectivity index (χ2v) is 6.60. The van der Waals surface area contributed by atoms with Crippen LogP contribution in [0.1, 0.15) is 18.7 Å². The lowest BCUT2D eigenvalue weighted by atomic mass is 10.1. The molecule has 1 unspecified atom stereocenters. The molecular weight excluding hydrogens is 391 g/mol. The average Bonchev–Trinajstić information content (AvgIpc) is 3.07. The Hall–Kier alpha value is -2.97. The Kier molecular flexibility index (Phi) is 4.29. The summed E-state index contributed by atoms with van der Waals surface area (Å²) in [6, 6.07) is 7.12. The summed E-state index contributed by atoms with van der Waals surface area (Å²) in [5.74, 6) is 0.400. The number of nitrogens with zero attached hydrogens (tertiary/aromatic N) is 5. The number of carboxylic acid groups (broad SMARTS) is 1. The van der Waals surface area contributed by atoms with E-state index < -0.39 is 6.09 Å². The Bertz CT molecular complexity index is 1190. The van der Waals surface area contributed by atoms with E-state index in [4.69, 9.17) is 23.2 Å². The summed E-state index contributed by atoms with van der Waals surface area (Å²) >= 11 is 12.5. The highest BCUT2D eigenvalue weighted by Crippen LogP contribution is 2.32. The van der Waals surface area contributed by atoms with Crippen LogP contribution in [0.5, 0.6) is 0 Å². The summed E-state index contributed by atoms with van der Waals surface area (Å²) < 4.78 is 0.931. The molecule has 0 spiro atoms. The number of carbonyl (C=O) groups is 1. The number of imidazole rings is 1. The first kappa shape index (κ1) is 17.4. The summed E-state index contributed by atoms with van der Waals surface area (Å²) in [6.07, 6.45) is 1.29. The molecule has 0 aliphatic heterocycles. The van der Waals surface area contributed by atoms with E-state index in [1.807, 2.05) is 25.1 Å². The highest BCUT2D eigenvalue weighted by Gasteiger charge is 2.17. The van der Waals surface area contributed by atoms with Crippen LogP contribution in [0.15, 0.2) is 36.9 Å². The third-order valence-corrected chi connectivity index (χ3v) is 4.71. The first-order valence-corrected chi connectivity index (χ1v) is 8.64. The summed E-state index contributed by atoms with van der Waals surface area (Å²) in [4.78, 5) is 27.9. The molecule has 1 aromatic carbocycles. The van der Waals surface area contributed by atoms with Crippen LogP contribution in [0, 0.1) is 0 Å². The number of hydrogen-bond donors (Lipinski definition) is 2. The molecule has 0 fully saturated rings. The Labute approximate surface area is 162 Å². The van der Waals surface area contributed by atoms with Crippen molar-refractivity contribution < 1.29 is 9.90 Å². The highest BCUT2D eigenvalue weighted by atomic mass is 35.5. The predicted octanol–water partition coefficient (Wildman–Crippen LogP) is 4.38. The first-order chi connectivity index (χ1) is 13.0. The molecule has 2 N–H and O–H groups in total. The van der Waals surface area contributed by atoms with E-state index in [1.165, 1.54) is 12.7 Å². The van der Waals surface area contributed by atoms with Gasteiger partial charge in [0.25, 0.3) is 0 Å². The van der Waals surface area contributed by atoms with Gasteiger partial charge in [0.15, 0.2) is 17.0 Å². The van der Waals surface area contributed by atoms with Crippen molar-refractivity contribution in [1.29, 1.82) is 0 Å². The number of benzene rings is 1. The number of anilines is 1. The van der Waals surface area contributed by atoms with Gasteiger partial charge in [0.2, 0.25) is 0 Å². The third kappa shape index (κ3) is 3.02. The molecule has 10 heteroatoms. The number of aromatic nitrogens is 5. The smallest absolute Gasteiger partial charge is 0.418 e. The number of fused-ring (bicyclic) bond motifs is 2. The predicted molar refractivity (Wildman–Crippen MR) is 103 cm³/mol. The molecule has 8 nitrogen and oxygen atoms in total. The van der Waals surface area contributed by atoms with Gasteiger partial charge < -0.3 is 10.4 Å². The minimum absolute atomic E-state index is 0.198. The lowest BCUT2D eigenvalue weighted by Gasteiger charge is -2.15. The van der Waals surface area contributed by atoms with Gasteiger partial charge in [-0.25, -0.2) is 29.3 Å². The molecular formula is C17H12Cl2N6O2. The fourth-order valence-corrected chi connectivity index (χ4v) is 3.45. The zero-order valence-electron chi connectivity index (χ0n) is 13.9. The van der Waals surface area contributed by atoms with Crippen LogP contribution in [0.3, 0.4) is 0 Å². The van der Waals surface area contributed by atoms with E-state index in [-0.39, 0.29) is 11.7 Å². The van der Waals surface area contributed by atoms with Crippen molar-refractivity contribution in [2.24, 2.45) is 0 Å². The maximum absolute atomic E-state index is 11.2. The first-order valence-electron chi connectivity index (χ1n) is 7.88. The molecule has 3 heterocycles. The maximum atomic E-state index is 11.2. The van der Waals surface area contributed by atoms with Crippen molar-refractivity contribution in [2.75, 3.05) is 5.32 Å². The second kappa shape index (κ2) is 6.64. The molecule has 4 aromatic rings. The van der Waals surface area contributed by atoms with Crippen molar-refractivity contribution in [3.63, 3.8) is 0 Å². The molecule has 1 atom stereocenters. The van der Waals surface area contributed by atoms with Crippen molar-refractivity contribution in [2.45, 2.75) is 13.0 Å². The summed E-state index contributed by atoms with van der Waals surface area (Å²) in [7, 11) is 0. The minimum atomic E-state index is -1.17. The Morgan fingerprint density at radius 3 is 2.85 bits per heavy atom. The molecule has 0 saturated heterocycles. The van der Waals surface area contributed by atoms with Crippen LogP contribution < -0.4 is 5.32 Å². The molecule has 0 radical (unpaired) electrons. The normalized spacial score (nSPS) is 12.4. The standard InChI is InChI=1S/C17H12Cl2N6O2/c1-8(11-5-9-3-2-4-10(18)12(9)14(19)24-11)23-15-13-16(21-6-20-15)25(7-22-13)17(26)27/h2-8H,1H3,(H,26,27)(H,20,21,23). The van der Waals surface area contributed by atoms with Crippen LogP contribution in [0.4, 0.5) is 10.6 Å². The number of nitrogens with one attached hydrogen (secondary N) is 1.